The maximum atomic E-state index is 13.7. The smallest absolute Gasteiger partial charge is 0.334 e. The van der Waals surface area contributed by atoms with Gasteiger partial charge in [-0.3, -0.25) is 14.2 Å². The number of carbonyl (C=O) groups excluding carboxylic acids is 1. The summed E-state index contributed by atoms with van der Waals surface area (Å²) in [5.74, 6) is -0.684. The molecule has 0 aliphatic carbocycles. The molecule has 4 heterocycles. The third kappa shape index (κ3) is 4.23. The lowest BCUT2D eigenvalue weighted by Gasteiger charge is -2.38. The SMILES string of the molecule is CS(=O)(=O)NC1CN(C(=O)c2nc3c(C(F)(F)F)cc(-c4cccnc4)cn3c2Cl)C1. The van der Waals surface area contributed by atoms with E-state index in [1.165, 1.54) is 23.5 Å². The van der Waals surface area contributed by atoms with Gasteiger partial charge in [-0.1, -0.05) is 17.7 Å². The second-order valence-electron chi connectivity index (χ2n) is 7.12. The van der Waals surface area contributed by atoms with Crippen molar-refractivity contribution in [2.45, 2.75) is 12.2 Å². The second kappa shape index (κ2) is 7.46. The van der Waals surface area contributed by atoms with Crippen molar-refractivity contribution in [3.05, 3.63) is 53.2 Å². The van der Waals surface area contributed by atoms with Crippen molar-refractivity contribution in [3.63, 3.8) is 0 Å². The van der Waals surface area contributed by atoms with Gasteiger partial charge in [0.15, 0.2) is 11.3 Å². The van der Waals surface area contributed by atoms with Crippen LogP contribution in [0.2, 0.25) is 5.15 Å². The molecule has 1 saturated heterocycles. The molecule has 1 amide bonds. The normalized spacial score (nSPS) is 15.3. The predicted molar refractivity (Wildman–Crippen MR) is 106 cm³/mol. The first-order chi connectivity index (χ1) is 14.4. The average molecular weight is 474 g/mol. The van der Waals surface area contributed by atoms with Crippen LogP contribution in [0.25, 0.3) is 16.8 Å². The Hall–Kier alpha value is -2.70. The molecule has 1 aliphatic heterocycles. The van der Waals surface area contributed by atoms with E-state index in [2.05, 4.69) is 14.7 Å². The zero-order valence-corrected chi connectivity index (χ0v) is 17.5. The number of amides is 1. The van der Waals surface area contributed by atoms with Gasteiger partial charge in [-0.15, -0.1) is 0 Å². The van der Waals surface area contributed by atoms with E-state index in [9.17, 15) is 26.4 Å². The van der Waals surface area contributed by atoms with Gasteiger partial charge in [-0.05, 0) is 12.1 Å². The van der Waals surface area contributed by atoms with E-state index < -0.39 is 39.4 Å². The largest absolute Gasteiger partial charge is 0.420 e. The van der Waals surface area contributed by atoms with Crippen molar-refractivity contribution >= 4 is 33.2 Å². The van der Waals surface area contributed by atoms with Crippen molar-refractivity contribution in [2.24, 2.45) is 0 Å². The molecule has 1 N–H and O–H groups in total. The maximum Gasteiger partial charge on any atom is 0.420 e. The first kappa shape index (κ1) is 21.5. The van der Waals surface area contributed by atoms with E-state index in [1.54, 1.807) is 12.1 Å². The lowest BCUT2D eigenvalue weighted by atomic mass is 10.1. The van der Waals surface area contributed by atoms with Gasteiger partial charge >= 0.3 is 6.18 Å². The molecule has 8 nitrogen and oxygen atoms in total. The molecule has 0 unspecified atom stereocenters. The molecular weight excluding hydrogens is 459 g/mol. The minimum Gasteiger partial charge on any atom is -0.334 e. The minimum atomic E-state index is -4.74. The van der Waals surface area contributed by atoms with E-state index in [-0.39, 0.29) is 29.5 Å². The highest BCUT2D eigenvalue weighted by molar-refractivity contribution is 7.88. The number of hydrogen-bond acceptors (Lipinski definition) is 5. The van der Waals surface area contributed by atoms with Crippen LogP contribution in [0.4, 0.5) is 13.2 Å². The van der Waals surface area contributed by atoms with E-state index in [0.717, 1.165) is 16.7 Å². The molecule has 0 aromatic carbocycles. The minimum absolute atomic E-state index is 0.0587. The van der Waals surface area contributed by atoms with Crippen molar-refractivity contribution < 1.29 is 26.4 Å². The maximum absolute atomic E-state index is 13.7. The fourth-order valence-electron chi connectivity index (χ4n) is 3.32. The molecule has 0 radical (unpaired) electrons. The molecule has 0 saturated carbocycles. The Morgan fingerprint density at radius 1 is 1.29 bits per heavy atom. The Morgan fingerprint density at radius 2 is 2.00 bits per heavy atom. The number of pyridine rings is 2. The van der Waals surface area contributed by atoms with Crippen molar-refractivity contribution in [1.82, 2.24) is 24.0 Å². The van der Waals surface area contributed by atoms with Gasteiger partial charge in [-0.2, -0.15) is 13.2 Å². The van der Waals surface area contributed by atoms with Gasteiger partial charge in [0, 0.05) is 42.8 Å². The molecule has 1 fully saturated rings. The molecule has 1 aliphatic rings. The number of aromatic nitrogens is 3. The van der Waals surface area contributed by atoms with Gasteiger partial charge in [0.25, 0.3) is 5.91 Å². The Balaban J connectivity index is 1.74. The monoisotopic (exact) mass is 473 g/mol. The number of halogens is 4. The fourth-order valence-corrected chi connectivity index (χ4v) is 4.33. The molecule has 0 bridgehead atoms. The highest BCUT2D eigenvalue weighted by atomic mass is 35.5. The zero-order chi connectivity index (χ0) is 22.6. The topological polar surface area (TPSA) is 96.7 Å². The van der Waals surface area contributed by atoms with Crippen LogP contribution in [0.1, 0.15) is 16.1 Å². The van der Waals surface area contributed by atoms with Crippen LogP contribution in [0.5, 0.6) is 0 Å². The van der Waals surface area contributed by atoms with Gasteiger partial charge in [0.05, 0.1) is 17.9 Å². The fraction of sp³-hybridized carbons (Fsp3) is 0.278. The summed E-state index contributed by atoms with van der Waals surface area (Å²) in [6.07, 6.45) is 0.516. The highest BCUT2D eigenvalue weighted by Gasteiger charge is 2.38. The Labute approximate surface area is 179 Å². The van der Waals surface area contributed by atoms with Crippen LogP contribution < -0.4 is 4.72 Å². The number of rotatable bonds is 4. The van der Waals surface area contributed by atoms with Crippen molar-refractivity contribution in [3.8, 4) is 11.1 Å². The summed E-state index contributed by atoms with van der Waals surface area (Å²) in [5, 5.41) is -0.268. The molecule has 4 rings (SSSR count). The number of likely N-dealkylation sites (tertiary alicyclic amines) is 1. The molecule has 3 aromatic heterocycles. The van der Waals surface area contributed by atoms with Crippen LogP contribution in [-0.2, 0) is 16.2 Å². The van der Waals surface area contributed by atoms with Crippen LogP contribution in [0, 0.1) is 0 Å². The first-order valence-corrected chi connectivity index (χ1v) is 11.2. The molecule has 164 valence electrons. The van der Waals surface area contributed by atoms with Gasteiger partial charge in [-0.25, -0.2) is 18.1 Å². The van der Waals surface area contributed by atoms with Crippen molar-refractivity contribution in [2.75, 3.05) is 19.3 Å². The summed E-state index contributed by atoms with van der Waals surface area (Å²) in [4.78, 5) is 21.8. The van der Waals surface area contributed by atoms with Gasteiger partial charge in [0.1, 0.15) is 5.15 Å². The number of carbonyl (C=O) groups is 1. The number of imidazole rings is 1. The number of alkyl halides is 3. The summed E-state index contributed by atoms with van der Waals surface area (Å²) in [7, 11) is -3.44. The lowest BCUT2D eigenvalue weighted by molar-refractivity contribution is -0.136. The second-order valence-corrected chi connectivity index (χ2v) is 9.26. The molecule has 13 heteroatoms. The summed E-state index contributed by atoms with van der Waals surface area (Å²) in [5.41, 5.74) is -1.25. The lowest BCUT2D eigenvalue weighted by Crippen LogP contribution is -2.60. The third-order valence-electron chi connectivity index (χ3n) is 4.71. The number of nitrogens with zero attached hydrogens (tertiary/aromatic N) is 4. The summed E-state index contributed by atoms with van der Waals surface area (Å²) < 4.78 is 67.1. The van der Waals surface area contributed by atoms with Crippen LogP contribution in [-0.4, -0.2) is 59.0 Å². The van der Waals surface area contributed by atoms with E-state index in [0.29, 0.717) is 5.56 Å². The van der Waals surface area contributed by atoms with Crippen molar-refractivity contribution in [1.29, 1.82) is 0 Å². The zero-order valence-electron chi connectivity index (χ0n) is 15.9. The van der Waals surface area contributed by atoms with Gasteiger partial charge < -0.3 is 4.90 Å². The van der Waals surface area contributed by atoms with E-state index in [1.807, 2.05) is 0 Å². The molecular formula is C18H15ClF3N5O3S. The Bertz CT molecular complexity index is 1270. The summed E-state index contributed by atoms with van der Waals surface area (Å²) >= 11 is 6.26. The Morgan fingerprint density at radius 3 is 2.58 bits per heavy atom. The molecule has 0 spiro atoms. The predicted octanol–water partition coefficient (Wildman–Crippen LogP) is 2.44. The third-order valence-corrected chi connectivity index (χ3v) is 5.84. The van der Waals surface area contributed by atoms with Gasteiger partial charge in [0.2, 0.25) is 10.0 Å². The average Bonchev–Trinajstić information content (AvgIpc) is 2.99. The number of hydrogen-bond donors (Lipinski definition) is 1. The van der Waals surface area contributed by atoms with Crippen LogP contribution in [0.3, 0.4) is 0 Å². The molecule has 3 aromatic rings. The highest BCUT2D eigenvalue weighted by Crippen LogP contribution is 2.37. The first-order valence-electron chi connectivity index (χ1n) is 8.90. The number of fused-ring (bicyclic) bond motifs is 1. The van der Waals surface area contributed by atoms with E-state index >= 15 is 0 Å². The summed E-state index contributed by atoms with van der Waals surface area (Å²) in [6, 6.07) is 3.64. The summed E-state index contributed by atoms with van der Waals surface area (Å²) in [6.45, 7) is 0.117. The Kier molecular flexibility index (Phi) is 5.18. The molecule has 0 atom stereocenters. The van der Waals surface area contributed by atoms with Crippen LogP contribution >= 0.6 is 11.6 Å². The number of nitrogens with one attached hydrogen (secondary N) is 1. The quantitative estimate of drug-likeness (QED) is 0.628. The standard InChI is InChI=1S/C18H15ClF3N5O3S/c1-31(29,30)25-12-8-26(9-12)17(28)14-15(19)27-7-11(10-3-2-4-23-6-10)5-13(16(27)24-14)18(20,21)22/h2-7,12,25H,8-9H2,1H3. The molecule has 31 heavy (non-hydrogen) atoms. The van der Waals surface area contributed by atoms with Crippen LogP contribution in [0.15, 0.2) is 36.8 Å². The van der Waals surface area contributed by atoms with E-state index in [4.69, 9.17) is 11.6 Å². The number of sulfonamides is 1.